The minimum Gasteiger partial charge on any atom is -0.444 e. The summed E-state index contributed by atoms with van der Waals surface area (Å²) in [5.74, 6) is -0.180. The number of rotatable bonds is 1. The van der Waals surface area contributed by atoms with Crippen LogP contribution >= 0.6 is 0 Å². The molecule has 1 unspecified atom stereocenters. The molecule has 2 heterocycles. The van der Waals surface area contributed by atoms with Crippen LogP contribution in [0.3, 0.4) is 0 Å². The van der Waals surface area contributed by atoms with Crippen LogP contribution in [0.2, 0.25) is 0 Å². The molecule has 1 aromatic rings. The third kappa shape index (κ3) is 4.00. The molecule has 2 fully saturated rings. The first-order valence-corrected chi connectivity index (χ1v) is 9.19. The van der Waals surface area contributed by atoms with Gasteiger partial charge in [0, 0.05) is 32.0 Å². The van der Waals surface area contributed by atoms with E-state index in [1.807, 2.05) is 26.8 Å². The van der Waals surface area contributed by atoms with Crippen molar-refractivity contribution in [3.05, 3.63) is 35.6 Å². The lowest BCUT2D eigenvalue weighted by Crippen LogP contribution is -2.53. The second kappa shape index (κ2) is 6.89. The maximum Gasteiger partial charge on any atom is 0.410 e. The normalized spacial score (nSPS) is 22.8. The molecule has 2 saturated heterocycles. The van der Waals surface area contributed by atoms with E-state index in [0.29, 0.717) is 38.9 Å². The summed E-state index contributed by atoms with van der Waals surface area (Å²) in [6, 6.07) is 6.63. The van der Waals surface area contributed by atoms with Gasteiger partial charge in [-0.2, -0.15) is 0 Å². The Kier molecular flexibility index (Phi) is 4.95. The number of carbonyl (C=O) groups is 2. The van der Waals surface area contributed by atoms with Crippen LogP contribution in [0.25, 0.3) is 0 Å². The Morgan fingerprint density at radius 3 is 2.62 bits per heavy atom. The number of nitrogens with zero attached hydrogens (tertiary/aromatic N) is 1. The molecule has 6 heteroatoms. The van der Waals surface area contributed by atoms with E-state index < -0.39 is 5.60 Å². The lowest BCUT2D eigenvalue weighted by atomic mass is 9.62. The quantitative estimate of drug-likeness (QED) is 0.832. The molecular weight excluding hydrogens is 335 g/mol. The molecule has 2 aliphatic heterocycles. The van der Waals surface area contributed by atoms with E-state index in [0.717, 1.165) is 5.56 Å². The number of ether oxygens (including phenoxy) is 1. The van der Waals surface area contributed by atoms with Gasteiger partial charge in [0.05, 0.1) is 0 Å². The van der Waals surface area contributed by atoms with Crippen molar-refractivity contribution in [2.24, 2.45) is 5.41 Å². The smallest absolute Gasteiger partial charge is 0.410 e. The second-order valence-electron chi connectivity index (χ2n) is 8.42. The van der Waals surface area contributed by atoms with Crippen molar-refractivity contribution in [3.8, 4) is 0 Å². The van der Waals surface area contributed by atoms with Crippen LogP contribution in [-0.4, -0.2) is 42.1 Å². The largest absolute Gasteiger partial charge is 0.444 e. The van der Waals surface area contributed by atoms with Crippen molar-refractivity contribution >= 4 is 12.0 Å². The number of carbonyl (C=O) groups excluding carboxylic acids is 2. The zero-order valence-electron chi connectivity index (χ0n) is 15.7. The van der Waals surface area contributed by atoms with Crippen molar-refractivity contribution in [1.29, 1.82) is 0 Å². The number of amides is 2. The van der Waals surface area contributed by atoms with E-state index in [9.17, 15) is 14.0 Å². The van der Waals surface area contributed by atoms with Gasteiger partial charge in [-0.25, -0.2) is 9.18 Å². The fourth-order valence-electron chi connectivity index (χ4n) is 4.12. The van der Waals surface area contributed by atoms with Crippen molar-refractivity contribution < 1.29 is 18.7 Å². The van der Waals surface area contributed by atoms with E-state index >= 15 is 0 Å². The molecule has 1 spiro atoms. The van der Waals surface area contributed by atoms with E-state index in [1.165, 1.54) is 6.07 Å². The average molecular weight is 362 g/mol. The van der Waals surface area contributed by atoms with E-state index in [1.54, 1.807) is 17.0 Å². The third-order valence-electron chi connectivity index (χ3n) is 5.42. The minimum absolute atomic E-state index is 0.0309. The molecule has 1 atom stereocenters. The zero-order chi connectivity index (χ0) is 18.9. The standard InChI is InChI=1S/C20H27FN2O3/c1-19(2,3)26-18(25)23-9-7-20(8-10-23)12-17(24)22-13-16(20)14-5-4-6-15(21)11-14/h4-6,11,16H,7-10,12-13H2,1-3H3,(H,22,24). The highest BCUT2D eigenvalue weighted by Crippen LogP contribution is 2.48. The van der Waals surface area contributed by atoms with Crippen molar-refractivity contribution in [2.75, 3.05) is 19.6 Å². The highest BCUT2D eigenvalue weighted by Gasteiger charge is 2.47. The molecule has 26 heavy (non-hydrogen) atoms. The minimum atomic E-state index is -0.527. The molecule has 3 rings (SSSR count). The summed E-state index contributed by atoms with van der Waals surface area (Å²) in [5, 5.41) is 2.92. The van der Waals surface area contributed by atoms with Crippen molar-refractivity contribution in [2.45, 2.75) is 51.6 Å². The van der Waals surface area contributed by atoms with Crippen molar-refractivity contribution in [1.82, 2.24) is 10.2 Å². The Morgan fingerprint density at radius 1 is 1.31 bits per heavy atom. The van der Waals surface area contributed by atoms with Gasteiger partial charge >= 0.3 is 6.09 Å². The van der Waals surface area contributed by atoms with Gasteiger partial charge in [-0.3, -0.25) is 4.79 Å². The summed E-state index contributed by atoms with van der Waals surface area (Å²) in [5.41, 5.74) is 0.145. The molecule has 0 aliphatic carbocycles. The van der Waals surface area contributed by atoms with Crippen LogP contribution < -0.4 is 5.32 Å². The fourth-order valence-corrected chi connectivity index (χ4v) is 4.12. The fraction of sp³-hybridized carbons (Fsp3) is 0.600. The number of benzene rings is 1. The first-order chi connectivity index (χ1) is 12.2. The van der Waals surface area contributed by atoms with Gasteiger partial charge in [-0.15, -0.1) is 0 Å². The van der Waals surface area contributed by atoms with Gasteiger partial charge in [-0.1, -0.05) is 12.1 Å². The number of nitrogens with one attached hydrogen (secondary N) is 1. The lowest BCUT2D eigenvalue weighted by Gasteiger charge is -2.49. The summed E-state index contributed by atoms with van der Waals surface area (Å²) >= 11 is 0. The molecule has 0 bridgehead atoms. The SMILES string of the molecule is CC(C)(C)OC(=O)N1CCC2(CC1)CC(=O)NCC2c1cccc(F)c1. The highest BCUT2D eigenvalue weighted by molar-refractivity contribution is 5.78. The summed E-state index contributed by atoms with van der Waals surface area (Å²) in [6.45, 7) is 7.15. The maximum absolute atomic E-state index is 13.7. The number of likely N-dealkylation sites (tertiary alicyclic amines) is 1. The van der Waals surface area contributed by atoms with Gasteiger partial charge < -0.3 is 15.0 Å². The Bertz CT molecular complexity index is 691. The van der Waals surface area contributed by atoms with Crippen LogP contribution in [0.4, 0.5) is 9.18 Å². The van der Waals surface area contributed by atoms with Gasteiger partial charge in [0.25, 0.3) is 0 Å². The van der Waals surface area contributed by atoms with Crippen LogP contribution in [0.1, 0.15) is 51.5 Å². The first kappa shape index (κ1) is 18.7. The van der Waals surface area contributed by atoms with Gasteiger partial charge in [-0.05, 0) is 56.7 Å². The highest BCUT2D eigenvalue weighted by atomic mass is 19.1. The Morgan fingerprint density at radius 2 is 2.00 bits per heavy atom. The van der Waals surface area contributed by atoms with Crippen molar-refractivity contribution in [3.63, 3.8) is 0 Å². The second-order valence-corrected chi connectivity index (χ2v) is 8.42. The van der Waals surface area contributed by atoms with Gasteiger partial charge in [0.1, 0.15) is 11.4 Å². The molecule has 142 valence electrons. The van der Waals surface area contributed by atoms with Crippen LogP contribution in [0.15, 0.2) is 24.3 Å². The number of hydrogen-bond acceptors (Lipinski definition) is 3. The zero-order valence-corrected chi connectivity index (χ0v) is 15.7. The maximum atomic E-state index is 13.7. The summed E-state index contributed by atoms with van der Waals surface area (Å²) < 4.78 is 19.2. The summed E-state index contributed by atoms with van der Waals surface area (Å²) in [4.78, 5) is 26.1. The van der Waals surface area contributed by atoms with Crippen LogP contribution in [-0.2, 0) is 9.53 Å². The number of halogens is 1. The first-order valence-electron chi connectivity index (χ1n) is 9.19. The molecule has 0 aromatic heterocycles. The van der Waals surface area contributed by atoms with E-state index in [2.05, 4.69) is 5.32 Å². The topological polar surface area (TPSA) is 58.6 Å². The van der Waals surface area contributed by atoms with Crippen LogP contribution in [0.5, 0.6) is 0 Å². The predicted molar refractivity (Wildman–Crippen MR) is 96.2 cm³/mol. The summed E-state index contributed by atoms with van der Waals surface area (Å²) in [6.07, 6.45) is 1.52. The summed E-state index contributed by atoms with van der Waals surface area (Å²) in [7, 11) is 0. The molecule has 5 nitrogen and oxygen atoms in total. The number of piperidine rings is 2. The van der Waals surface area contributed by atoms with Gasteiger partial charge in [0.2, 0.25) is 5.91 Å². The Balaban J connectivity index is 1.76. The Hall–Kier alpha value is -2.11. The average Bonchev–Trinajstić information content (AvgIpc) is 2.54. The molecule has 2 aliphatic rings. The predicted octanol–water partition coefficient (Wildman–Crippen LogP) is 3.45. The lowest BCUT2D eigenvalue weighted by molar-refractivity contribution is -0.128. The molecule has 0 saturated carbocycles. The molecule has 0 radical (unpaired) electrons. The monoisotopic (exact) mass is 362 g/mol. The Labute approximate surface area is 153 Å². The third-order valence-corrected chi connectivity index (χ3v) is 5.42. The van der Waals surface area contributed by atoms with E-state index in [4.69, 9.17) is 4.74 Å². The molecule has 1 aromatic carbocycles. The molecule has 2 amide bonds. The van der Waals surface area contributed by atoms with Gasteiger partial charge in [0.15, 0.2) is 0 Å². The molecule has 1 N–H and O–H groups in total. The van der Waals surface area contributed by atoms with Crippen LogP contribution in [0, 0.1) is 11.2 Å². The molecular formula is C20H27FN2O3. The number of hydrogen-bond donors (Lipinski definition) is 1. The van der Waals surface area contributed by atoms with E-state index in [-0.39, 0.29) is 29.2 Å².